The van der Waals surface area contributed by atoms with Gasteiger partial charge in [0.1, 0.15) is 17.2 Å². The lowest BCUT2D eigenvalue weighted by molar-refractivity contribution is -0.0126. The van der Waals surface area contributed by atoms with Crippen molar-refractivity contribution in [2.75, 3.05) is 6.54 Å². The summed E-state index contributed by atoms with van der Waals surface area (Å²) in [4.78, 5) is 0. The summed E-state index contributed by atoms with van der Waals surface area (Å²) in [5.74, 6) is 0.359. The van der Waals surface area contributed by atoms with Crippen molar-refractivity contribution in [3.63, 3.8) is 0 Å². The number of rotatable bonds is 4. The number of ether oxygens (including phenoxy) is 1. The van der Waals surface area contributed by atoms with Crippen molar-refractivity contribution >= 4 is 0 Å². The number of benzene rings is 1. The number of hydrogen-bond acceptors (Lipinski definition) is 2. The standard InChI is InChI=1S/C12H16FNO/c13-10-3-1-4-11(9-10)15-12(7-8-14)5-2-6-12/h1,3-4,9H,2,5-8,14H2. The molecule has 15 heavy (non-hydrogen) atoms. The zero-order valence-corrected chi connectivity index (χ0v) is 8.71. The summed E-state index contributed by atoms with van der Waals surface area (Å²) in [7, 11) is 0. The maximum Gasteiger partial charge on any atom is 0.126 e. The molecule has 2 rings (SSSR count). The number of nitrogens with two attached hydrogens (primary N) is 1. The molecule has 82 valence electrons. The van der Waals surface area contributed by atoms with Crippen molar-refractivity contribution in [3.8, 4) is 5.75 Å². The van der Waals surface area contributed by atoms with Gasteiger partial charge in [0.25, 0.3) is 0 Å². The Hall–Kier alpha value is -1.09. The van der Waals surface area contributed by atoms with Crippen molar-refractivity contribution in [1.82, 2.24) is 0 Å². The molecule has 0 aromatic heterocycles. The second-order valence-corrected chi connectivity index (χ2v) is 4.13. The molecule has 0 amide bonds. The van der Waals surface area contributed by atoms with Crippen LogP contribution in [-0.4, -0.2) is 12.1 Å². The van der Waals surface area contributed by atoms with Gasteiger partial charge in [-0.3, -0.25) is 0 Å². The van der Waals surface area contributed by atoms with E-state index in [1.807, 2.05) is 0 Å². The zero-order valence-electron chi connectivity index (χ0n) is 8.71. The fraction of sp³-hybridized carbons (Fsp3) is 0.500. The molecule has 0 radical (unpaired) electrons. The van der Waals surface area contributed by atoms with Crippen LogP contribution in [0.15, 0.2) is 24.3 Å². The minimum absolute atomic E-state index is 0.122. The lowest BCUT2D eigenvalue weighted by atomic mass is 9.77. The highest BCUT2D eigenvalue weighted by molar-refractivity contribution is 5.23. The van der Waals surface area contributed by atoms with Crippen LogP contribution in [-0.2, 0) is 0 Å². The molecule has 0 unspecified atom stereocenters. The Morgan fingerprint density at radius 3 is 2.73 bits per heavy atom. The van der Waals surface area contributed by atoms with Crippen LogP contribution in [0.5, 0.6) is 5.75 Å². The summed E-state index contributed by atoms with van der Waals surface area (Å²) in [5.41, 5.74) is 5.43. The highest BCUT2D eigenvalue weighted by Crippen LogP contribution is 2.39. The average molecular weight is 209 g/mol. The lowest BCUT2D eigenvalue weighted by Crippen LogP contribution is -2.44. The van der Waals surface area contributed by atoms with Gasteiger partial charge in [-0.15, -0.1) is 0 Å². The summed E-state index contributed by atoms with van der Waals surface area (Å²) >= 11 is 0. The Morgan fingerprint density at radius 2 is 2.20 bits per heavy atom. The van der Waals surface area contributed by atoms with E-state index in [4.69, 9.17) is 10.5 Å². The van der Waals surface area contributed by atoms with Crippen LogP contribution in [0.1, 0.15) is 25.7 Å². The van der Waals surface area contributed by atoms with E-state index in [0.717, 1.165) is 19.3 Å². The second kappa shape index (κ2) is 4.19. The van der Waals surface area contributed by atoms with Gasteiger partial charge in [0, 0.05) is 6.07 Å². The van der Waals surface area contributed by atoms with Crippen molar-refractivity contribution < 1.29 is 9.13 Å². The molecular formula is C12H16FNO. The minimum Gasteiger partial charge on any atom is -0.487 e. The molecule has 1 aromatic rings. The smallest absolute Gasteiger partial charge is 0.126 e. The van der Waals surface area contributed by atoms with E-state index < -0.39 is 0 Å². The molecule has 0 saturated heterocycles. The first kappa shape index (κ1) is 10.4. The first-order valence-corrected chi connectivity index (χ1v) is 5.39. The van der Waals surface area contributed by atoms with Crippen LogP contribution in [0.4, 0.5) is 4.39 Å². The molecule has 0 spiro atoms. The van der Waals surface area contributed by atoms with E-state index in [-0.39, 0.29) is 11.4 Å². The molecule has 3 heteroatoms. The van der Waals surface area contributed by atoms with Crippen LogP contribution in [0.25, 0.3) is 0 Å². The van der Waals surface area contributed by atoms with Gasteiger partial charge in [-0.25, -0.2) is 4.39 Å². The van der Waals surface area contributed by atoms with Gasteiger partial charge in [-0.1, -0.05) is 6.07 Å². The van der Waals surface area contributed by atoms with Crippen molar-refractivity contribution in [2.24, 2.45) is 5.73 Å². The summed E-state index contributed by atoms with van der Waals surface area (Å²) in [6.07, 6.45) is 4.08. The summed E-state index contributed by atoms with van der Waals surface area (Å²) in [6.45, 7) is 0.620. The van der Waals surface area contributed by atoms with E-state index in [1.54, 1.807) is 12.1 Å². The molecule has 2 N–H and O–H groups in total. The summed E-state index contributed by atoms with van der Waals surface area (Å²) in [5, 5.41) is 0. The molecule has 1 fully saturated rings. The van der Waals surface area contributed by atoms with Crippen molar-refractivity contribution in [3.05, 3.63) is 30.1 Å². The second-order valence-electron chi connectivity index (χ2n) is 4.13. The normalized spacial score (nSPS) is 18.3. The maximum atomic E-state index is 12.9. The highest BCUT2D eigenvalue weighted by Gasteiger charge is 2.38. The monoisotopic (exact) mass is 209 g/mol. The molecule has 1 aliphatic carbocycles. The number of halogens is 1. The third-order valence-electron chi connectivity index (χ3n) is 3.00. The lowest BCUT2D eigenvalue weighted by Gasteiger charge is -2.41. The molecule has 1 aromatic carbocycles. The Labute approximate surface area is 89.2 Å². The molecule has 1 saturated carbocycles. The maximum absolute atomic E-state index is 12.9. The first-order chi connectivity index (χ1) is 7.24. The van der Waals surface area contributed by atoms with E-state index in [0.29, 0.717) is 12.3 Å². The first-order valence-electron chi connectivity index (χ1n) is 5.39. The highest BCUT2D eigenvalue weighted by atomic mass is 19.1. The van der Waals surface area contributed by atoms with Gasteiger partial charge in [-0.2, -0.15) is 0 Å². The van der Waals surface area contributed by atoms with E-state index >= 15 is 0 Å². The van der Waals surface area contributed by atoms with Gasteiger partial charge in [-0.05, 0) is 44.4 Å². The van der Waals surface area contributed by atoms with Crippen molar-refractivity contribution in [2.45, 2.75) is 31.3 Å². The fourth-order valence-electron chi connectivity index (χ4n) is 2.02. The van der Waals surface area contributed by atoms with Gasteiger partial charge < -0.3 is 10.5 Å². The molecule has 0 bridgehead atoms. The molecule has 2 nitrogen and oxygen atoms in total. The Morgan fingerprint density at radius 1 is 1.40 bits per heavy atom. The van der Waals surface area contributed by atoms with Gasteiger partial charge in [0.15, 0.2) is 0 Å². The zero-order chi connectivity index (χ0) is 10.7. The SMILES string of the molecule is NCCC1(Oc2cccc(F)c2)CCC1. The van der Waals surface area contributed by atoms with E-state index in [9.17, 15) is 4.39 Å². The summed E-state index contributed by atoms with van der Waals surface area (Å²) in [6, 6.07) is 6.30. The van der Waals surface area contributed by atoms with E-state index in [1.165, 1.54) is 18.6 Å². The summed E-state index contributed by atoms with van der Waals surface area (Å²) < 4.78 is 18.8. The van der Waals surface area contributed by atoms with Crippen molar-refractivity contribution in [1.29, 1.82) is 0 Å². The third kappa shape index (κ3) is 2.29. The predicted octanol–water partition coefficient (Wildman–Crippen LogP) is 2.48. The van der Waals surface area contributed by atoms with E-state index in [2.05, 4.69) is 0 Å². The van der Waals surface area contributed by atoms with Crippen LogP contribution in [0.2, 0.25) is 0 Å². The van der Waals surface area contributed by atoms with Crippen LogP contribution >= 0.6 is 0 Å². The molecule has 1 aliphatic rings. The largest absolute Gasteiger partial charge is 0.487 e. The van der Waals surface area contributed by atoms with Gasteiger partial charge in [0.05, 0.1) is 0 Å². The predicted molar refractivity (Wildman–Crippen MR) is 57.3 cm³/mol. The van der Waals surface area contributed by atoms with Crippen LogP contribution < -0.4 is 10.5 Å². The van der Waals surface area contributed by atoms with Crippen LogP contribution in [0.3, 0.4) is 0 Å². The quantitative estimate of drug-likeness (QED) is 0.826. The molecule has 0 heterocycles. The number of hydrogen-bond donors (Lipinski definition) is 1. The topological polar surface area (TPSA) is 35.2 Å². The fourth-order valence-corrected chi connectivity index (χ4v) is 2.02. The minimum atomic E-state index is -0.255. The average Bonchev–Trinajstić information content (AvgIpc) is 2.15. The molecule has 0 aliphatic heterocycles. The Bertz CT molecular complexity index is 336. The Kier molecular flexibility index (Phi) is 2.91. The Balaban J connectivity index is 2.06. The molecule has 0 atom stereocenters. The van der Waals surface area contributed by atoms with Gasteiger partial charge in [0.2, 0.25) is 0 Å². The third-order valence-corrected chi connectivity index (χ3v) is 3.00. The van der Waals surface area contributed by atoms with Crippen LogP contribution in [0, 0.1) is 5.82 Å². The molecular weight excluding hydrogens is 193 g/mol. The van der Waals surface area contributed by atoms with Gasteiger partial charge >= 0.3 is 0 Å².